The molecule has 3 heteroatoms. The summed E-state index contributed by atoms with van der Waals surface area (Å²) < 4.78 is 0. The maximum Gasteiger partial charge on any atom is 0.133 e. The third-order valence-electron chi connectivity index (χ3n) is 4.72. The van der Waals surface area contributed by atoms with Crippen molar-refractivity contribution in [2.75, 3.05) is 0 Å². The molecule has 0 amide bonds. The summed E-state index contributed by atoms with van der Waals surface area (Å²) in [7, 11) is 0. The largest absolute Gasteiger partial charge is 0.349 e. The van der Waals surface area contributed by atoms with Crippen molar-refractivity contribution in [1.29, 1.82) is 0 Å². The minimum Gasteiger partial charge on any atom is -0.349 e. The summed E-state index contributed by atoms with van der Waals surface area (Å²) in [5.74, 6) is 1.12. The fraction of sp³-hybridized carbons (Fsp3) is 0.250. The van der Waals surface area contributed by atoms with Gasteiger partial charge in [0.2, 0.25) is 0 Å². The minimum absolute atomic E-state index is 0.524. The van der Waals surface area contributed by atoms with Crippen molar-refractivity contribution in [3.05, 3.63) is 70.3 Å². The number of nitrogens with zero attached hydrogens (tertiary/aromatic N) is 2. The molecule has 0 spiro atoms. The van der Waals surface area contributed by atoms with Crippen LogP contribution >= 0.6 is 11.6 Å². The van der Waals surface area contributed by atoms with Gasteiger partial charge in [-0.25, -0.2) is 4.99 Å². The van der Waals surface area contributed by atoms with Crippen LogP contribution in [0.4, 0.5) is 5.69 Å². The predicted molar refractivity (Wildman–Crippen MR) is 97.2 cm³/mol. The molecule has 2 aromatic rings. The number of para-hydroxylation sites is 1. The molecule has 0 radical (unpaired) electrons. The molecule has 0 aromatic heterocycles. The molecule has 116 valence electrons. The van der Waals surface area contributed by atoms with Gasteiger partial charge in [-0.15, -0.1) is 0 Å². The Bertz CT molecular complexity index is 807. The highest BCUT2D eigenvalue weighted by Crippen LogP contribution is 2.37. The monoisotopic (exact) mass is 322 g/mol. The molecule has 1 saturated heterocycles. The van der Waals surface area contributed by atoms with Gasteiger partial charge in [0.05, 0.1) is 5.69 Å². The van der Waals surface area contributed by atoms with Crippen LogP contribution in [-0.2, 0) is 6.54 Å². The van der Waals surface area contributed by atoms with Crippen LogP contribution < -0.4 is 0 Å². The molecule has 2 aromatic carbocycles. The highest BCUT2D eigenvalue weighted by atomic mass is 35.5. The second-order valence-electron chi connectivity index (χ2n) is 6.15. The van der Waals surface area contributed by atoms with E-state index in [9.17, 15) is 0 Å². The first kappa shape index (κ1) is 14.5. The minimum atomic E-state index is 0.524. The van der Waals surface area contributed by atoms with Crippen molar-refractivity contribution >= 4 is 29.2 Å². The molecule has 2 aliphatic heterocycles. The Morgan fingerprint density at radius 2 is 1.96 bits per heavy atom. The number of rotatable bonds is 2. The number of fused-ring (bicyclic) bond motifs is 2. The molecule has 1 atom stereocenters. The van der Waals surface area contributed by atoms with Gasteiger partial charge in [-0.1, -0.05) is 54.9 Å². The zero-order valence-electron chi connectivity index (χ0n) is 13.2. The Balaban J connectivity index is 1.80. The van der Waals surface area contributed by atoms with Gasteiger partial charge in [0.25, 0.3) is 0 Å². The van der Waals surface area contributed by atoms with E-state index in [4.69, 9.17) is 16.6 Å². The highest BCUT2D eigenvalue weighted by molar-refractivity contribution is 6.32. The molecule has 1 fully saturated rings. The highest BCUT2D eigenvalue weighted by Gasteiger charge is 2.34. The molecule has 0 aliphatic carbocycles. The van der Waals surface area contributed by atoms with E-state index in [1.807, 2.05) is 18.2 Å². The van der Waals surface area contributed by atoms with Crippen molar-refractivity contribution in [3.63, 3.8) is 0 Å². The van der Waals surface area contributed by atoms with Crippen LogP contribution in [0.25, 0.3) is 6.08 Å². The number of aliphatic imine (C=N–C) groups is 1. The van der Waals surface area contributed by atoms with E-state index in [-0.39, 0.29) is 0 Å². The third-order valence-corrected chi connectivity index (χ3v) is 5.06. The van der Waals surface area contributed by atoms with Crippen LogP contribution in [0, 0.1) is 0 Å². The smallest absolute Gasteiger partial charge is 0.133 e. The van der Waals surface area contributed by atoms with Gasteiger partial charge in [0.1, 0.15) is 5.84 Å². The summed E-state index contributed by atoms with van der Waals surface area (Å²) in [6, 6.07) is 17.0. The number of halogens is 1. The van der Waals surface area contributed by atoms with Crippen LogP contribution in [0.1, 0.15) is 30.9 Å². The van der Waals surface area contributed by atoms with Crippen molar-refractivity contribution in [3.8, 4) is 0 Å². The van der Waals surface area contributed by atoms with Crippen molar-refractivity contribution in [1.82, 2.24) is 4.90 Å². The Morgan fingerprint density at radius 3 is 2.78 bits per heavy atom. The van der Waals surface area contributed by atoms with Crippen molar-refractivity contribution in [2.45, 2.75) is 32.4 Å². The van der Waals surface area contributed by atoms with Crippen LogP contribution in [0.15, 0.2) is 59.1 Å². The van der Waals surface area contributed by atoms with Gasteiger partial charge >= 0.3 is 0 Å². The lowest BCUT2D eigenvalue weighted by Crippen LogP contribution is -2.34. The predicted octanol–water partition coefficient (Wildman–Crippen LogP) is 5.45. The van der Waals surface area contributed by atoms with E-state index in [0.29, 0.717) is 6.04 Å². The second kappa shape index (κ2) is 5.86. The zero-order chi connectivity index (χ0) is 15.8. The Kier molecular flexibility index (Phi) is 3.70. The molecule has 2 aliphatic rings. The summed E-state index contributed by atoms with van der Waals surface area (Å²) in [4.78, 5) is 7.39. The summed E-state index contributed by atoms with van der Waals surface area (Å²) in [5.41, 5.74) is 4.77. The van der Waals surface area contributed by atoms with Gasteiger partial charge in [0, 0.05) is 17.6 Å². The van der Waals surface area contributed by atoms with Crippen LogP contribution in [0.3, 0.4) is 0 Å². The van der Waals surface area contributed by atoms with Gasteiger partial charge in [0.15, 0.2) is 0 Å². The third kappa shape index (κ3) is 2.57. The molecule has 23 heavy (non-hydrogen) atoms. The first-order valence-corrected chi connectivity index (χ1v) is 8.52. The van der Waals surface area contributed by atoms with Gasteiger partial charge in [-0.05, 0) is 47.8 Å². The summed E-state index contributed by atoms with van der Waals surface area (Å²) in [5, 5.41) is 0.795. The molecule has 4 rings (SSSR count). The van der Waals surface area contributed by atoms with E-state index < -0.39 is 0 Å². The summed E-state index contributed by atoms with van der Waals surface area (Å²) >= 11 is 6.33. The standard InChI is InChI=1S/C20H19ClN2/c1-2-17-12-16(11-14-7-3-5-9-18(14)21)20-22-19-10-6-4-8-15(19)13-23(17)20/h3-11,17H,2,12-13H2,1H3/b16-11+. The molecular weight excluding hydrogens is 304 g/mol. The average Bonchev–Trinajstić information content (AvgIpc) is 2.92. The van der Waals surface area contributed by atoms with Crippen molar-refractivity contribution in [2.24, 2.45) is 4.99 Å². The maximum atomic E-state index is 6.33. The Labute approximate surface area is 142 Å². The maximum absolute atomic E-state index is 6.33. The molecule has 0 bridgehead atoms. The normalized spacial score (nSPS) is 21.1. The average molecular weight is 323 g/mol. The SMILES string of the molecule is CCC1C/C(=C\c2ccccc2Cl)C2=Nc3ccccc3CN21. The Hall–Kier alpha value is -2.06. The van der Waals surface area contributed by atoms with Gasteiger partial charge in [-0.2, -0.15) is 0 Å². The van der Waals surface area contributed by atoms with Gasteiger partial charge in [-0.3, -0.25) is 0 Å². The number of hydrogen-bond acceptors (Lipinski definition) is 2. The quantitative estimate of drug-likeness (QED) is 0.717. The number of hydrogen-bond donors (Lipinski definition) is 0. The lowest BCUT2D eigenvalue weighted by atomic mass is 10.1. The second-order valence-corrected chi connectivity index (χ2v) is 6.56. The topological polar surface area (TPSA) is 15.6 Å². The van der Waals surface area contributed by atoms with Crippen LogP contribution in [-0.4, -0.2) is 16.8 Å². The first-order chi connectivity index (χ1) is 11.3. The van der Waals surface area contributed by atoms with Gasteiger partial charge < -0.3 is 4.90 Å². The molecule has 2 heterocycles. The van der Waals surface area contributed by atoms with Crippen LogP contribution in [0.2, 0.25) is 5.02 Å². The molecule has 0 saturated carbocycles. The summed E-state index contributed by atoms with van der Waals surface area (Å²) in [6.07, 6.45) is 4.37. The fourth-order valence-electron chi connectivity index (χ4n) is 3.47. The van der Waals surface area contributed by atoms with Crippen LogP contribution in [0.5, 0.6) is 0 Å². The van der Waals surface area contributed by atoms with E-state index in [1.165, 1.54) is 11.1 Å². The molecule has 1 unspecified atom stereocenters. The lowest BCUT2D eigenvalue weighted by Gasteiger charge is -2.29. The number of amidine groups is 1. The van der Waals surface area contributed by atoms with E-state index in [2.05, 4.69) is 48.2 Å². The van der Waals surface area contributed by atoms with E-state index >= 15 is 0 Å². The van der Waals surface area contributed by atoms with E-state index in [0.717, 1.165) is 41.5 Å². The first-order valence-electron chi connectivity index (χ1n) is 8.15. The lowest BCUT2D eigenvalue weighted by molar-refractivity contribution is 0.319. The Morgan fingerprint density at radius 1 is 1.17 bits per heavy atom. The fourth-order valence-corrected chi connectivity index (χ4v) is 3.66. The summed E-state index contributed by atoms with van der Waals surface area (Å²) in [6.45, 7) is 3.20. The molecule has 2 nitrogen and oxygen atoms in total. The molecule has 0 N–H and O–H groups in total. The molecular formula is C20H19ClN2. The van der Waals surface area contributed by atoms with E-state index in [1.54, 1.807) is 0 Å². The zero-order valence-corrected chi connectivity index (χ0v) is 13.9. The number of benzene rings is 2. The van der Waals surface area contributed by atoms with Crippen molar-refractivity contribution < 1.29 is 0 Å².